The summed E-state index contributed by atoms with van der Waals surface area (Å²) in [4.78, 5) is 31.0. The first kappa shape index (κ1) is 23.9. The Morgan fingerprint density at radius 1 is 1.47 bits per heavy atom. The van der Waals surface area contributed by atoms with Crippen LogP contribution in [0.5, 0.6) is 0 Å². The van der Waals surface area contributed by atoms with Gasteiger partial charge in [-0.05, 0) is 6.42 Å². The van der Waals surface area contributed by atoms with E-state index in [4.69, 9.17) is 9.90 Å². The molecule has 0 radical (unpaired) electrons. The quantitative estimate of drug-likeness (QED) is 0.674. The Labute approximate surface area is 187 Å². The average Bonchev–Trinajstić information content (AvgIpc) is 3.48. The van der Waals surface area contributed by atoms with Crippen molar-refractivity contribution in [2.45, 2.75) is 25.1 Å². The molecular weight excluding hydrogens is 447 g/mol. The Bertz CT molecular complexity index is 962. The summed E-state index contributed by atoms with van der Waals surface area (Å²) in [7, 11) is 1.93. The predicted molar refractivity (Wildman–Crippen MR) is 111 cm³/mol. The van der Waals surface area contributed by atoms with Crippen LogP contribution < -0.4 is 0 Å². The predicted octanol–water partition coefficient (Wildman–Crippen LogP) is 2.51. The van der Waals surface area contributed by atoms with Crippen molar-refractivity contribution < 1.29 is 27.9 Å². The van der Waals surface area contributed by atoms with Gasteiger partial charge in [-0.1, -0.05) is 6.08 Å². The van der Waals surface area contributed by atoms with Crippen LogP contribution in [-0.2, 0) is 23.2 Å². The largest absolute Gasteiger partial charge is 0.490 e. The Balaban J connectivity index is 0.000000360. The summed E-state index contributed by atoms with van der Waals surface area (Å²) < 4.78 is 33.6. The third-order valence-corrected chi connectivity index (χ3v) is 6.55. The van der Waals surface area contributed by atoms with Gasteiger partial charge in [0.1, 0.15) is 0 Å². The number of halogens is 3. The number of hydrogen-bond donors (Lipinski definition) is 1. The van der Waals surface area contributed by atoms with Gasteiger partial charge < -0.3 is 10.0 Å². The molecule has 2 atom stereocenters. The first-order chi connectivity index (χ1) is 15.1. The molecule has 0 aliphatic carbocycles. The van der Waals surface area contributed by atoms with Crippen molar-refractivity contribution in [3.8, 4) is 0 Å². The maximum Gasteiger partial charge on any atom is 0.490 e. The molecule has 2 aliphatic rings. The molecule has 174 valence electrons. The molecule has 0 aromatic carbocycles. The van der Waals surface area contributed by atoms with Crippen molar-refractivity contribution in [3.05, 3.63) is 47.2 Å². The van der Waals surface area contributed by atoms with Crippen LogP contribution in [0.3, 0.4) is 0 Å². The van der Waals surface area contributed by atoms with Gasteiger partial charge >= 0.3 is 12.1 Å². The minimum Gasteiger partial charge on any atom is -0.475 e. The molecule has 8 nitrogen and oxygen atoms in total. The zero-order chi connectivity index (χ0) is 23.5. The number of aromatic nitrogens is 3. The summed E-state index contributed by atoms with van der Waals surface area (Å²) in [5.74, 6) is -2.32. The smallest absolute Gasteiger partial charge is 0.475 e. The molecule has 4 heterocycles. The van der Waals surface area contributed by atoms with Crippen LogP contribution in [0.25, 0.3) is 0 Å². The van der Waals surface area contributed by atoms with Crippen LogP contribution in [-0.4, -0.2) is 73.9 Å². The first-order valence-corrected chi connectivity index (χ1v) is 10.7. The fraction of sp³-hybridized carbons (Fsp3) is 0.500. The number of carboxylic acids is 1. The highest BCUT2D eigenvalue weighted by Crippen LogP contribution is 2.50. The van der Waals surface area contributed by atoms with Crippen LogP contribution in [0.15, 0.2) is 36.6 Å². The van der Waals surface area contributed by atoms with Crippen molar-refractivity contribution in [2.24, 2.45) is 12.5 Å². The molecule has 2 unspecified atom stereocenters. The number of likely N-dealkylation sites (tertiary alicyclic amines) is 2. The standard InChI is InChI=1S/C18H23N5OS.C2HF3O2/c1-3-6-23-7-4-18(17(23)24)13-22(11-14-9-20-21(2)10-14)12-15(18)16-19-5-8-25-16;3-2(4,5)1(6)7/h3,5,8-10,15H,1,4,6-7,11-13H2,2H3;(H,6,7). The molecular formula is C20H24F3N5O3S. The van der Waals surface area contributed by atoms with Crippen LogP contribution in [0.4, 0.5) is 13.2 Å². The van der Waals surface area contributed by atoms with Gasteiger partial charge in [0, 0.05) is 69.0 Å². The number of thiazole rings is 1. The van der Waals surface area contributed by atoms with Crippen LogP contribution >= 0.6 is 11.3 Å². The van der Waals surface area contributed by atoms with Crippen molar-refractivity contribution >= 4 is 23.2 Å². The SMILES string of the molecule is C=CCN1CCC2(CN(Cc3cnn(C)c3)CC2c2nccs2)C1=O.O=C(O)C(F)(F)F. The van der Waals surface area contributed by atoms with E-state index in [2.05, 4.69) is 21.6 Å². The fourth-order valence-corrected chi connectivity index (χ4v) is 5.16. The number of rotatable bonds is 5. The summed E-state index contributed by atoms with van der Waals surface area (Å²) in [6, 6.07) is 0. The lowest BCUT2D eigenvalue weighted by molar-refractivity contribution is -0.192. The highest BCUT2D eigenvalue weighted by Gasteiger charge is 2.57. The van der Waals surface area contributed by atoms with Crippen molar-refractivity contribution in [2.75, 3.05) is 26.2 Å². The number of alkyl halides is 3. The molecule has 4 rings (SSSR count). The number of carboxylic acid groups (broad SMARTS) is 1. The lowest BCUT2D eigenvalue weighted by atomic mass is 9.77. The molecule has 2 aliphatic heterocycles. The molecule has 0 saturated carbocycles. The number of amides is 1. The monoisotopic (exact) mass is 471 g/mol. The second-order valence-electron chi connectivity index (χ2n) is 7.86. The van der Waals surface area contributed by atoms with Gasteiger partial charge in [-0.25, -0.2) is 9.78 Å². The average molecular weight is 472 g/mol. The Hall–Kier alpha value is -2.73. The summed E-state index contributed by atoms with van der Waals surface area (Å²) in [5.41, 5.74) is 0.842. The van der Waals surface area contributed by atoms with E-state index in [-0.39, 0.29) is 17.2 Å². The maximum absolute atomic E-state index is 13.2. The van der Waals surface area contributed by atoms with Crippen molar-refractivity contribution in [1.29, 1.82) is 0 Å². The van der Waals surface area contributed by atoms with Crippen LogP contribution in [0, 0.1) is 5.41 Å². The number of carbonyl (C=O) groups excluding carboxylic acids is 1. The molecule has 2 fully saturated rings. The Morgan fingerprint density at radius 3 is 2.72 bits per heavy atom. The Morgan fingerprint density at radius 2 is 2.19 bits per heavy atom. The minimum absolute atomic E-state index is 0.173. The number of hydrogen-bond acceptors (Lipinski definition) is 6. The summed E-state index contributed by atoms with van der Waals surface area (Å²) in [6.07, 6.45) is 3.43. The molecule has 1 amide bonds. The number of aliphatic carboxylic acids is 1. The lowest BCUT2D eigenvalue weighted by Crippen LogP contribution is -2.39. The number of carbonyl (C=O) groups is 2. The van der Waals surface area contributed by atoms with Crippen molar-refractivity contribution in [1.82, 2.24) is 24.6 Å². The van der Waals surface area contributed by atoms with E-state index in [1.165, 1.54) is 5.56 Å². The normalized spacial score (nSPS) is 23.4. The zero-order valence-electron chi connectivity index (χ0n) is 17.5. The van der Waals surface area contributed by atoms with Gasteiger partial charge in [0.05, 0.1) is 16.6 Å². The van der Waals surface area contributed by atoms with E-state index in [1.54, 1.807) is 11.3 Å². The molecule has 0 bridgehead atoms. The third-order valence-electron chi connectivity index (χ3n) is 5.66. The van der Waals surface area contributed by atoms with Gasteiger partial charge in [-0.15, -0.1) is 17.9 Å². The van der Waals surface area contributed by atoms with E-state index in [0.29, 0.717) is 6.54 Å². The molecule has 2 saturated heterocycles. The zero-order valence-corrected chi connectivity index (χ0v) is 18.3. The highest BCUT2D eigenvalue weighted by atomic mass is 32.1. The second-order valence-corrected chi connectivity index (χ2v) is 8.79. The number of aryl methyl sites for hydroxylation is 1. The minimum atomic E-state index is -5.08. The van der Waals surface area contributed by atoms with E-state index in [0.717, 1.165) is 37.6 Å². The van der Waals surface area contributed by atoms with Crippen LogP contribution in [0.2, 0.25) is 0 Å². The van der Waals surface area contributed by atoms with E-state index in [1.807, 2.05) is 46.7 Å². The van der Waals surface area contributed by atoms with Gasteiger partial charge in [0.2, 0.25) is 5.91 Å². The van der Waals surface area contributed by atoms with Crippen molar-refractivity contribution in [3.63, 3.8) is 0 Å². The maximum atomic E-state index is 13.2. The fourth-order valence-electron chi connectivity index (χ4n) is 4.32. The van der Waals surface area contributed by atoms with Gasteiger partial charge in [-0.3, -0.25) is 14.4 Å². The van der Waals surface area contributed by atoms with Gasteiger partial charge in [0.25, 0.3) is 0 Å². The first-order valence-electron chi connectivity index (χ1n) is 9.86. The summed E-state index contributed by atoms with van der Waals surface area (Å²) >= 11 is 1.66. The van der Waals surface area contributed by atoms with E-state index < -0.39 is 12.1 Å². The molecule has 12 heteroatoms. The summed E-state index contributed by atoms with van der Waals surface area (Å²) in [5, 5.41) is 14.5. The van der Waals surface area contributed by atoms with Gasteiger partial charge in [-0.2, -0.15) is 18.3 Å². The van der Waals surface area contributed by atoms with Gasteiger partial charge in [0.15, 0.2) is 0 Å². The summed E-state index contributed by atoms with van der Waals surface area (Å²) in [6.45, 7) is 7.72. The molecule has 32 heavy (non-hydrogen) atoms. The third kappa shape index (κ3) is 5.01. The lowest BCUT2D eigenvalue weighted by Gasteiger charge is -2.27. The van der Waals surface area contributed by atoms with E-state index in [9.17, 15) is 18.0 Å². The number of nitrogens with zero attached hydrogens (tertiary/aromatic N) is 5. The molecule has 2 aromatic heterocycles. The molecule has 1 N–H and O–H groups in total. The van der Waals surface area contributed by atoms with E-state index >= 15 is 0 Å². The topological polar surface area (TPSA) is 91.6 Å². The molecule has 1 spiro atoms. The van der Waals surface area contributed by atoms with Crippen LogP contribution in [0.1, 0.15) is 22.9 Å². The molecule has 2 aromatic rings. The Kier molecular flexibility index (Phi) is 7.03. The second kappa shape index (κ2) is 9.41. The highest BCUT2D eigenvalue weighted by molar-refractivity contribution is 7.09.